The molecule has 0 saturated carbocycles. The van der Waals surface area contributed by atoms with Crippen LogP contribution < -0.4 is 5.32 Å². The van der Waals surface area contributed by atoms with Gasteiger partial charge in [0.1, 0.15) is 0 Å². The van der Waals surface area contributed by atoms with Crippen molar-refractivity contribution in [1.82, 2.24) is 10.2 Å². The lowest BCUT2D eigenvalue weighted by atomic mass is 9.90. The van der Waals surface area contributed by atoms with Gasteiger partial charge in [-0.05, 0) is 30.0 Å². The number of carbonyl (C=O) groups is 1. The fraction of sp³-hybridized carbons (Fsp3) is 0.286. The van der Waals surface area contributed by atoms with Crippen molar-refractivity contribution in [1.29, 1.82) is 0 Å². The topological polar surface area (TPSA) is 66.5 Å². The van der Waals surface area contributed by atoms with Crippen LogP contribution in [-0.2, 0) is 22.8 Å². The second kappa shape index (κ2) is 7.96. The van der Waals surface area contributed by atoms with E-state index >= 15 is 0 Å². The predicted octanol–water partition coefficient (Wildman–Crippen LogP) is 3.44. The molecule has 6 heteroatoms. The van der Waals surface area contributed by atoms with Crippen LogP contribution in [0.1, 0.15) is 29.7 Å². The summed E-state index contributed by atoms with van der Waals surface area (Å²) in [5, 5.41) is 4.01. The molecule has 0 aromatic heterocycles. The molecule has 0 bridgehead atoms. The van der Waals surface area contributed by atoms with Crippen molar-refractivity contribution in [2.24, 2.45) is 0 Å². The Morgan fingerprint density at radius 1 is 1.11 bits per heavy atom. The number of nitrogens with zero attached hydrogens (tertiary/aromatic N) is 1. The molecule has 5 nitrogen and oxygen atoms in total. The van der Waals surface area contributed by atoms with E-state index in [1.54, 1.807) is 6.92 Å². The quantitative estimate of drug-likeness (QED) is 0.878. The fourth-order valence-electron chi connectivity index (χ4n) is 3.30. The third-order valence-electron chi connectivity index (χ3n) is 4.66. The number of hydrogen-bond donors (Lipinski definition) is 1. The molecule has 0 fully saturated rings. The second-order valence-corrected chi connectivity index (χ2v) is 8.85. The van der Waals surface area contributed by atoms with Gasteiger partial charge in [0, 0.05) is 24.3 Å². The number of hydrogen-bond acceptors (Lipinski definition) is 3. The Labute approximate surface area is 160 Å². The molecule has 0 saturated heterocycles. The first-order valence-corrected chi connectivity index (χ1v) is 10.9. The Balaban J connectivity index is 1.84. The van der Waals surface area contributed by atoms with Crippen LogP contribution in [0, 0.1) is 0 Å². The van der Waals surface area contributed by atoms with Crippen molar-refractivity contribution in [2.45, 2.75) is 32.0 Å². The number of benzene rings is 2. The van der Waals surface area contributed by atoms with Gasteiger partial charge in [0.2, 0.25) is 0 Å². The average Bonchev–Trinajstić information content (AvgIpc) is 2.65. The van der Waals surface area contributed by atoms with Crippen molar-refractivity contribution in [3.63, 3.8) is 0 Å². The molecule has 2 unspecified atom stereocenters. The fourth-order valence-corrected chi connectivity index (χ4v) is 3.82. The number of amides is 2. The van der Waals surface area contributed by atoms with Gasteiger partial charge in [-0.2, -0.15) is 0 Å². The maximum absolute atomic E-state index is 13.0. The Kier molecular flexibility index (Phi) is 5.65. The molecule has 1 aliphatic rings. The lowest BCUT2D eigenvalue weighted by molar-refractivity contribution is 0.162. The SMILES string of the molecule is CC(/C=C/S(C)(=O)=O)NC(=O)N1Cc2ccccc2CC1c1ccccc1. The zero-order valence-electron chi connectivity index (χ0n) is 15.5. The Morgan fingerprint density at radius 3 is 2.41 bits per heavy atom. The van der Waals surface area contributed by atoms with Gasteiger partial charge in [0.15, 0.2) is 9.84 Å². The van der Waals surface area contributed by atoms with E-state index < -0.39 is 9.84 Å². The molecular formula is C21H24N2O3S. The van der Waals surface area contributed by atoms with E-state index in [0.29, 0.717) is 6.54 Å². The number of urea groups is 1. The monoisotopic (exact) mass is 384 g/mol. The standard InChI is InChI=1S/C21H24N2O3S/c1-16(12-13-27(2,25)26)22-21(24)23-15-19-11-7-6-10-18(19)14-20(23)17-8-4-3-5-9-17/h3-13,16,20H,14-15H2,1-2H3,(H,22,24)/b13-12+. The molecule has 1 heterocycles. The summed E-state index contributed by atoms with van der Waals surface area (Å²) in [6, 6.07) is 17.5. The number of rotatable bonds is 4. The van der Waals surface area contributed by atoms with Crippen LogP contribution in [-0.4, -0.2) is 31.6 Å². The molecule has 0 aliphatic carbocycles. The van der Waals surface area contributed by atoms with Gasteiger partial charge in [-0.3, -0.25) is 0 Å². The summed E-state index contributed by atoms with van der Waals surface area (Å²) >= 11 is 0. The van der Waals surface area contributed by atoms with Crippen LogP contribution in [0.2, 0.25) is 0 Å². The van der Waals surface area contributed by atoms with Crippen molar-refractivity contribution in [2.75, 3.05) is 6.26 Å². The highest BCUT2D eigenvalue weighted by Crippen LogP contribution is 2.33. The molecule has 2 aromatic carbocycles. The minimum Gasteiger partial charge on any atom is -0.332 e. The summed E-state index contributed by atoms with van der Waals surface area (Å²) in [5.41, 5.74) is 3.47. The normalized spacial score (nSPS) is 18.1. The van der Waals surface area contributed by atoms with Gasteiger partial charge in [0.05, 0.1) is 6.04 Å². The summed E-state index contributed by atoms with van der Waals surface area (Å²) in [4.78, 5) is 14.8. The first-order chi connectivity index (χ1) is 12.8. The van der Waals surface area contributed by atoms with Gasteiger partial charge < -0.3 is 10.2 Å². The lowest BCUT2D eigenvalue weighted by Gasteiger charge is -2.37. The first-order valence-electron chi connectivity index (χ1n) is 8.90. The Bertz CT molecular complexity index is 939. The van der Waals surface area contributed by atoms with Crippen LogP contribution in [0.5, 0.6) is 0 Å². The molecule has 27 heavy (non-hydrogen) atoms. The van der Waals surface area contributed by atoms with Crippen LogP contribution in [0.3, 0.4) is 0 Å². The number of sulfone groups is 1. The highest BCUT2D eigenvalue weighted by atomic mass is 32.2. The van der Waals surface area contributed by atoms with Crippen LogP contribution in [0.4, 0.5) is 4.79 Å². The largest absolute Gasteiger partial charge is 0.332 e. The van der Waals surface area contributed by atoms with Crippen LogP contribution in [0.25, 0.3) is 0 Å². The molecule has 3 rings (SSSR count). The molecule has 142 valence electrons. The highest BCUT2D eigenvalue weighted by molar-refractivity contribution is 7.93. The maximum atomic E-state index is 13.0. The second-order valence-electron chi connectivity index (χ2n) is 6.92. The summed E-state index contributed by atoms with van der Waals surface area (Å²) < 4.78 is 22.6. The lowest BCUT2D eigenvalue weighted by Crippen LogP contribution is -2.47. The molecule has 1 N–H and O–H groups in total. The third kappa shape index (κ3) is 4.98. The number of fused-ring (bicyclic) bond motifs is 1. The zero-order chi connectivity index (χ0) is 19.4. The maximum Gasteiger partial charge on any atom is 0.318 e. The van der Waals surface area contributed by atoms with Crippen molar-refractivity contribution >= 4 is 15.9 Å². The zero-order valence-corrected chi connectivity index (χ0v) is 16.3. The summed E-state index contributed by atoms with van der Waals surface area (Å²) in [7, 11) is -3.22. The van der Waals surface area contributed by atoms with Crippen molar-refractivity contribution < 1.29 is 13.2 Å². The van der Waals surface area contributed by atoms with E-state index in [4.69, 9.17) is 0 Å². The Hall–Kier alpha value is -2.60. The van der Waals surface area contributed by atoms with E-state index in [-0.39, 0.29) is 18.1 Å². The summed E-state index contributed by atoms with van der Waals surface area (Å²) in [6.45, 7) is 2.28. The van der Waals surface area contributed by atoms with E-state index in [1.165, 1.54) is 11.6 Å². The van der Waals surface area contributed by atoms with E-state index in [2.05, 4.69) is 11.4 Å². The molecule has 1 aliphatic heterocycles. The van der Waals surface area contributed by atoms with E-state index in [1.807, 2.05) is 53.4 Å². The minimum atomic E-state index is -3.22. The summed E-state index contributed by atoms with van der Waals surface area (Å²) in [6.07, 6.45) is 3.37. The van der Waals surface area contributed by atoms with Gasteiger partial charge in [-0.25, -0.2) is 13.2 Å². The molecule has 0 spiro atoms. The smallest absolute Gasteiger partial charge is 0.318 e. The van der Waals surface area contributed by atoms with Gasteiger partial charge in [-0.15, -0.1) is 0 Å². The Morgan fingerprint density at radius 2 is 1.74 bits per heavy atom. The highest BCUT2D eigenvalue weighted by Gasteiger charge is 2.31. The molecular weight excluding hydrogens is 360 g/mol. The van der Waals surface area contributed by atoms with Crippen LogP contribution >= 0.6 is 0 Å². The molecule has 2 atom stereocenters. The van der Waals surface area contributed by atoms with Gasteiger partial charge in [-0.1, -0.05) is 60.7 Å². The first kappa shape index (κ1) is 19.2. The van der Waals surface area contributed by atoms with Gasteiger partial charge in [0.25, 0.3) is 0 Å². The van der Waals surface area contributed by atoms with Crippen molar-refractivity contribution in [3.8, 4) is 0 Å². The number of nitrogens with one attached hydrogen (secondary N) is 1. The van der Waals surface area contributed by atoms with Crippen LogP contribution in [0.15, 0.2) is 66.1 Å². The summed E-state index contributed by atoms with van der Waals surface area (Å²) in [5.74, 6) is 0. The average molecular weight is 385 g/mol. The predicted molar refractivity (Wildman–Crippen MR) is 107 cm³/mol. The van der Waals surface area contributed by atoms with Gasteiger partial charge >= 0.3 is 6.03 Å². The molecule has 2 amide bonds. The van der Waals surface area contributed by atoms with Crippen molar-refractivity contribution in [3.05, 3.63) is 82.8 Å². The number of carbonyl (C=O) groups excluding carboxylic acids is 1. The van der Waals surface area contributed by atoms with E-state index in [0.717, 1.165) is 29.2 Å². The third-order valence-corrected chi connectivity index (χ3v) is 5.31. The molecule has 2 aromatic rings. The van der Waals surface area contributed by atoms with E-state index in [9.17, 15) is 13.2 Å². The minimum absolute atomic E-state index is 0.0628. The molecule has 0 radical (unpaired) electrons.